The van der Waals surface area contributed by atoms with Gasteiger partial charge in [0.05, 0.1) is 6.04 Å². The summed E-state index contributed by atoms with van der Waals surface area (Å²) in [6.07, 6.45) is 2.17. The molecular formula is C50H36N4. The van der Waals surface area contributed by atoms with Gasteiger partial charge < -0.3 is 10.6 Å². The van der Waals surface area contributed by atoms with Gasteiger partial charge in [0.1, 0.15) is 12.0 Å². The molecule has 2 atom stereocenters. The van der Waals surface area contributed by atoms with Crippen LogP contribution in [0.1, 0.15) is 45.6 Å². The second-order valence-electron chi connectivity index (χ2n) is 13.9. The summed E-state index contributed by atoms with van der Waals surface area (Å²) in [5.41, 5.74) is 11.5. The SMILES string of the molecule is C1=C(c2cccc3ccccc23)c2c(ccc3ccc(-c4ccc(C5=NC(c6ccccc6)=NC(c6ccccc6)N5)cc4)cc23)NC1c1ccccc1. The van der Waals surface area contributed by atoms with E-state index in [0.29, 0.717) is 0 Å². The Morgan fingerprint density at radius 3 is 1.87 bits per heavy atom. The van der Waals surface area contributed by atoms with Gasteiger partial charge in [0, 0.05) is 22.4 Å². The number of aliphatic imine (C=N–C) groups is 2. The molecule has 4 nitrogen and oxygen atoms in total. The van der Waals surface area contributed by atoms with Crippen LogP contribution in [0.5, 0.6) is 0 Å². The standard InChI is InChI=1S/C50H36N4/c1-4-14-36(15-5-1)46-32-44(42-22-12-20-34-13-10-11-21-41(34)42)47-43-31-40(28-25-35(43)29-30-45(47)51-46)33-23-26-39(27-24-33)50-53-48(37-16-6-2-7-17-37)52-49(54-50)38-18-8-3-9-19-38/h1-32,46,48,51H,(H,52,53,54). The Morgan fingerprint density at radius 2 is 1.07 bits per heavy atom. The van der Waals surface area contributed by atoms with E-state index in [1.807, 2.05) is 36.4 Å². The Morgan fingerprint density at radius 1 is 0.444 bits per heavy atom. The second-order valence-corrected chi connectivity index (χ2v) is 13.9. The fraction of sp³-hybridized carbons (Fsp3) is 0.0400. The first-order valence-corrected chi connectivity index (χ1v) is 18.5. The lowest BCUT2D eigenvalue weighted by Crippen LogP contribution is -2.33. The summed E-state index contributed by atoms with van der Waals surface area (Å²) >= 11 is 0. The molecular weight excluding hydrogens is 657 g/mol. The van der Waals surface area contributed by atoms with Crippen LogP contribution in [0.3, 0.4) is 0 Å². The third-order valence-corrected chi connectivity index (χ3v) is 10.6. The first-order chi connectivity index (χ1) is 26.7. The molecule has 2 aliphatic heterocycles. The maximum absolute atomic E-state index is 5.02. The average molecular weight is 693 g/mol. The van der Waals surface area contributed by atoms with Gasteiger partial charge in [-0.1, -0.05) is 176 Å². The molecule has 256 valence electrons. The van der Waals surface area contributed by atoms with Crippen molar-refractivity contribution in [2.75, 3.05) is 5.32 Å². The molecule has 0 saturated carbocycles. The number of anilines is 1. The molecule has 54 heavy (non-hydrogen) atoms. The van der Waals surface area contributed by atoms with Gasteiger partial charge in [0.15, 0.2) is 5.84 Å². The van der Waals surface area contributed by atoms with E-state index in [1.54, 1.807) is 0 Å². The lowest BCUT2D eigenvalue weighted by Gasteiger charge is -2.29. The van der Waals surface area contributed by atoms with Gasteiger partial charge in [-0.3, -0.25) is 0 Å². The van der Waals surface area contributed by atoms with E-state index in [-0.39, 0.29) is 12.2 Å². The van der Waals surface area contributed by atoms with Gasteiger partial charge in [-0.05, 0) is 73.1 Å². The van der Waals surface area contributed by atoms with E-state index in [2.05, 4.69) is 168 Å². The maximum Gasteiger partial charge on any atom is 0.159 e. The molecule has 8 aromatic rings. The molecule has 0 aliphatic carbocycles. The van der Waals surface area contributed by atoms with Crippen molar-refractivity contribution in [2.24, 2.45) is 9.98 Å². The van der Waals surface area contributed by atoms with E-state index < -0.39 is 0 Å². The van der Waals surface area contributed by atoms with Crippen LogP contribution < -0.4 is 10.6 Å². The zero-order valence-corrected chi connectivity index (χ0v) is 29.5. The molecule has 10 rings (SSSR count). The lowest BCUT2D eigenvalue weighted by molar-refractivity contribution is 0.674. The molecule has 2 N–H and O–H groups in total. The molecule has 0 amide bonds. The topological polar surface area (TPSA) is 48.8 Å². The number of hydrogen-bond donors (Lipinski definition) is 2. The van der Waals surface area contributed by atoms with Crippen molar-refractivity contribution < 1.29 is 0 Å². The smallest absolute Gasteiger partial charge is 0.159 e. The van der Waals surface area contributed by atoms with E-state index in [4.69, 9.17) is 9.98 Å². The van der Waals surface area contributed by atoms with E-state index in [9.17, 15) is 0 Å². The van der Waals surface area contributed by atoms with Crippen molar-refractivity contribution in [1.29, 1.82) is 0 Å². The number of nitrogens with zero attached hydrogens (tertiary/aromatic N) is 2. The Kier molecular flexibility index (Phi) is 7.92. The van der Waals surface area contributed by atoms with Gasteiger partial charge in [-0.25, -0.2) is 9.98 Å². The van der Waals surface area contributed by atoms with Gasteiger partial charge in [0.2, 0.25) is 0 Å². The van der Waals surface area contributed by atoms with Crippen LogP contribution in [0.15, 0.2) is 204 Å². The zero-order chi connectivity index (χ0) is 35.8. The van der Waals surface area contributed by atoms with Crippen molar-refractivity contribution in [3.63, 3.8) is 0 Å². The van der Waals surface area contributed by atoms with Crippen LogP contribution in [0.25, 0.3) is 38.2 Å². The van der Waals surface area contributed by atoms with E-state index in [0.717, 1.165) is 45.2 Å². The molecule has 2 unspecified atom stereocenters. The molecule has 2 heterocycles. The van der Waals surface area contributed by atoms with Crippen molar-refractivity contribution >= 4 is 44.5 Å². The molecule has 2 aliphatic rings. The summed E-state index contributed by atoms with van der Waals surface area (Å²) in [5.74, 6) is 1.53. The predicted molar refractivity (Wildman–Crippen MR) is 225 cm³/mol. The van der Waals surface area contributed by atoms with E-state index in [1.165, 1.54) is 43.8 Å². The number of rotatable bonds is 6. The highest BCUT2D eigenvalue weighted by Crippen LogP contribution is 2.45. The molecule has 0 spiro atoms. The van der Waals surface area contributed by atoms with Crippen LogP contribution in [-0.2, 0) is 0 Å². The number of hydrogen-bond acceptors (Lipinski definition) is 4. The van der Waals surface area contributed by atoms with Gasteiger partial charge >= 0.3 is 0 Å². The third-order valence-electron chi connectivity index (χ3n) is 10.6. The number of amidine groups is 2. The molecule has 0 aromatic heterocycles. The van der Waals surface area contributed by atoms with Crippen molar-refractivity contribution in [3.05, 3.63) is 228 Å². The summed E-state index contributed by atoms with van der Waals surface area (Å²) < 4.78 is 0. The first-order valence-electron chi connectivity index (χ1n) is 18.5. The minimum absolute atomic E-state index is 0.0473. The molecule has 4 heteroatoms. The number of benzene rings is 8. The first kappa shape index (κ1) is 31.7. The Bertz CT molecular complexity index is 2740. The highest BCUT2D eigenvalue weighted by atomic mass is 15.2. The van der Waals surface area contributed by atoms with Crippen LogP contribution >= 0.6 is 0 Å². The van der Waals surface area contributed by atoms with Crippen molar-refractivity contribution in [1.82, 2.24) is 5.32 Å². The average Bonchev–Trinajstić information content (AvgIpc) is 3.26. The fourth-order valence-corrected chi connectivity index (χ4v) is 7.83. The highest BCUT2D eigenvalue weighted by Gasteiger charge is 2.25. The zero-order valence-electron chi connectivity index (χ0n) is 29.5. The Hall–Kier alpha value is -7.04. The minimum atomic E-state index is -0.237. The summed E-state index contributed by atoms with van der Waals surface area (Å²) in [6, 6.07) is 66.7. The fourth-order valence-electron chi connectivity index (χ4n) is 7.83. The maximum atomic E-state index is 5.02. The molecule has 0 bridgehead atoms. The minimum Gasteiger partial charge on any atom is -0.374 e. The summed E-state index contributed by atoms with van der Waals surface area (Å²) in [4.78, 5) is 10.0. The van der Waals surface area contributed by atoms with Crippen molar-refractivity contribution in [2.45, 2.75) is 12.2 Å². The second kappa shape index (κ2) is 13.5. The molecule has 8 aromatic carbocycles. The summed E-state index contributed by atoms with van der Waals surface area (Å²) in [6.45, 7) is 0. The monoisotopic (exact) mass is 692 g/mol. The number of nitrogens with one attached hydrogen (secondary N) is 2. The van der Waals surface area contributed by atoms with Crippen LogP contribution in [-0.4, -0.2) is 11.7 Å². The van der Waals surface area contributed by atoms with Crippen molar-refractivity contribution in [3.8, 4) is 11.1 Å². The molecule has 0 radical (unpaired) electrons. The highest BCUT2D eigenvalue weighted by molar-refractivity contribution is 6.13. The number of fused-ring (bicyclic) bond motifs is 4. The quantitative estimate of drug-likeness (QED) is 0.182. The van der Waals surface area contributed by atoms with Gasteiger partial charge in [-0.2, -0.15) is 0 Å². The van der Waals surface area contributed by atoms with Crippen LogP contribution in [0.2, 0.25) is 0 Å². The third kappa shape index (κ3) is 5.84. The summed E-state index contributed by atoms with van der Waals surface area (Å²) in [5, 5.41) is 12.4. The predicted octanol–water partition coefficient (Wildman–Crippen LogP) is 11.8. The van der Waals surface area contributed by atoms with Crippen LogP contribution in [0, 0.1) is 0 Å². The van der Waals surface area contributed by atoms with Gasteiger partial charge in [0.25, 0.3) is 0 Å². The Balaban J connectivity index is 1.05. The van der Waals surface area contributed by atoms with Gasteiger partial charge in [-0.15, -0.1) is 0 Å². The molecule has 0 saturated heterocycles. The van der Waals surface area contributed by atoms with E-state index >= 15 is 0 Å². The lowest BCUT2D eigenvalue weighted by atomic mass is 9.84. The summed E-state index contributed by atoms with van der Waals surface area (Å²) in [7, 11) is 0. The molecule has 0 fully saturated rings. The normalized spacial score (nSPS) is 16.4. The Labute approximate surface area is 314 Å². The largest absolute Gasteiger partial charge is 0.374 e. The van der Waals surface area contributed by atoms with Crippen LogP contribution in [0.4, 0.5) is 5.69 Å².